The molecule has 2 aromatic carbocycles. The van der Waals surface area contributed by atoms with Crippen LogP contribution in [0.1, 0.15) is 0 Å². The fourth-order valence-corrected chi connectivity index (χ4v) is 2.53. The van der Waals surface area contributed by atoms with Crippen molar-refractivity contribution in [3.8, 4) is 5.75 Å². The maximum atomic E-state index is 12.0. The first-order valence-electron chi connectivity index (χ1n) is 7.35. The van der Waals surface area contributed by atoms with Gasteiger partial charge in [-0.1, -0.05) is 17.7 Å². The van der Waals surface area contributed by atoms with Gasteiger partial charge in [-0.15, -0.1) is 0 Å². The molecule has 2 aromatic rings. The number of carbonyl (C=O) groups excluding carboxylic acids is 2. The molecule has 0 bridgehead atoms. The molecular formula is C17H16ClN3O3. The van der Waals surface area contributed by atoms with Gasteiger partial charge in [-0.25, -0.2) is 0 Å². The number of benzene rings is 2. The lowest BCUT2D eigenvalue weighted by molar-refractivity contribution is -0.121. The predicted octanol–water partition coefficient (Wildman–Crippen LogP) is 2.75. The van der Waals surface area contributed by atoms with E-state index in [1.807, 2.05) is 0 Å². The first kappa shape index (κ1) is 16.1. The minimum Gasteiger partial charge on any atom is -0.482 e. The van der Waals surface area contributed by atoms with E-state index < -0.39 is 0 Å². The largest absolute Gasteiger partial charge is 0.482 e. The van der Waals surface area contributed by atoms with Crippen LogP contribution in [0.3, 0.4) is 0 Å². The van der Waals surface area contributed by atoms with E-state index in [0.29, 0.717) is 22.1 Å². The molecule has 0 aromatic heterocycles. The number of rotatable bonds is 4. The van der Waals surface area contributed by atoms with Crippen molar-refractivity contribution in [3.05, 3.63) is 47.5 Å². The molecular weight excluding hydrogens is 330 g/mol. The van der Waals surface area contributed by atoms with Crippen LogP contribution in [0, 0.1) is 0 Å². The van der Waals surface area contributed by atoms with Gasteiger partial charge < -0.3 is 20.3 Å². The maximum absolute atomic E-state index is 12.0. The zero-order valence-electron chi connectivity index (χ0n) is 13.0. The Kier molecular flexibility index (Phi) is 4.57. The number of fused-ring (bicyclic) bond motifs is 1. The highest BCUT2D eigenvalue weighted by Gasteiger charge is 2.22. The number of nitrogens with zero attached hydrogens (tertiary/aromatic N) is 1. The smallest absolute Gasteiger partial charge is 0.264 e. The molecule has 2 amide bonds. The second-order valence-electron chi connectivity index (χ2n) is 5.34. The maximum Gasteiger partial charge on any atom is 0.264 e. The number of anilines is 3. The summed E-state index contributed by atoms with van der Waals surface area (Å²) in [7, 11) is 1.69. The first-order valence-corrected chi connectivity index (χ1v) is 7.73. The molecule has 0 spiro atoms. The van der Waals surface area contributed by atoms with E-state index >= 15 is 0 Å². The Morgan fingerprint density at radius 1 is 1.25 bits per heavy atom. The van der Waals surface area contributed by atoms with Gasteiger partial charge in [0, 0.05) is 23.4 Å². The lowest BCUT2D eigenvalue weighted by Gasteiger charge is -2.26. The summed E-state index contributed by atoms with van der Waals surface area (Å²) in [6, 6.07) is 12.3. The number of halogens is 1. The van der Waals surface area contributed by atoms with E-state index in [2.05, 4.69) is 10.6 Å². The molecule has 0 aliphatic carbocycles. The lowest BCUT2D eigenvalue weighted by atomic mass is 10.2. The highest BCUT2D eigenvalue weighted by atomic mass is 35.5. The average Bonchev–Trinajstić information content (AvgIpc) is 2.56. The number of amides is 2. The van der Waals surface area contributed by atoms with Crippen molar-refractivity contribution in [1.82, 2.24) is 0 Å². The number of ether oxygens (including phenoxy) is 1. The summed E-state index contributed by atoms with van der Waals surface area (Å²) in [6.07, 6.45) is 0. The van der Waals surface area contributed by atoms with Crippen LogP contribution >= 0.6 is 11.6 Å². The quantitative estimate of drug-likeness (QED) is 0.894. The number of likely N-dealkylation sites (N-methyl/N-ethyl adjacent to an activating group) is 1. The Morgan fingerprint density at radius 3 is 2.88 bits per heavy atom. The summed E-state index contributed by atoms with van der Waals surface area (Å²) in [6.45, 7) is 0.127. The lowest BCUT2D eigenvalue weighted by Crippen LogP contribution is -2.35. The van der Waals surface area contributed by atoms with Crippen LogP contribution in [0.5, 0.6) is 5.75 Å². The zero-order chi connectivity index (χ0) is 17.1. The van der Waals surface area contributed by atoms with Gasteiger partial charge in [0.15, 0.2) is 6.61 Å². The molecule has 0 saturated heterocycles. The van der Waals surface area contributed by atoms with Crippen LogP contribution in [-0.2, 0) is 9.59 Å². The molecule has 0 saturated carbocycles. The minimum atomic E-state index is -0.198. The highest BCUT2D eigenvalue weighted by molar-refractivity contribution is 6.30. The van der Waals surface area contributed by atoms with Crippen molar-refractivity contribution >= 4 is 40.5 Å². The van der Waals surface area contributed by atoms with Gasteiger partial charge in [-0.2, -0.15) is 0 Å². The molecule has 7 heteroatoms. The molecule has 2 N–H and O–H groups in total. The van der Waals surface area contributed by atoms with E-state index in [-0.39, 0.29) is 25.0 Å². The summed E-state index contributed by atoms with van der Waals surface area (Å²) in [5.41, 5.74) is 2.03. The molecule has 124 valence electrons. The summed E-state index contributed by atoms with van der Waals surface area (Å²) in [5, 5.41) is 6.34. The van der Waals surface area contributed by atoms with Crippen molar-refractivity contribution in [1.29, 1.82) is 0 Å². The van der Waals surface area contributed by atoms with E-state index in [4.69, 9.17) is 16.3 Å². The van der Waals surface area contributed by atoms with E-state index in [1.165, 1.54) is 4.90 Å². The summed E-state index contributed by atoms with van der Waals surface area (Å²) in [5.74, 6) is 0.333. The standard InChI is InChI=1S/C17H16ClN3O3/c1-21-14-8-12(5-6-15(14)24-10-17(21)23)19-9-16(22)20-13-4-2-3-11(18)7-13/h2-8,19H,9-10H2,1H3,(H,20,22). The molecule has 0 unspecified atom stereocenters. The van der Waals surface area contributed by atoms with Gasteiger partial charge in [-0.3, -0.25) is 9.59 Å². The SMILES string of the molecule is CN1C(=O)COc2ccc(NCC(=O)Nc3cccc(Cl)c3)cc21. The number of hydrogen-bond acceptors (Lipinski definition) is 4. The predicted molar refractivity (Wildman–Crippen MR) is 93.9 cm³/mol. The van der Waals surface area contributed by atoms with Gasteiger partial charge >= 0.3 is 0 Å². The summed E-state index contributed by atoms with van der Waals surface area (Å²) < 4.78 is 5.37. The van der Waals surface area contributed by atoms with E-state index in [9.17, 15) is 9.59 Å². The van der Waals surface area contributed by atoms with Crippen molar-refractivity contribution in [2.75, 3.05) is 35.7 Å². The number of carbonyl (C=O) groups is 2. The normalized spacial score (nSPS) is 13.1. The molecule has 0 atom stereocenters. The molecule has 6 nitrogen and oxygen atoms in total. The Labute approximate surface area is 144 Å². The number of hydrogen-bond donors (Lipinski definition) is 2. The van der Waals surface area contributed by atoms with Gasteiger partial charge in [0.2, 0.25) is 5.91 Å². The minimum absolute atomic E-state index is 0.0400. The Balaban J connectivity index is 1.62. The Morgan fingerprint density at radius 2 is 2.08 bits per heavy atom. The van der Waals surface area contributed by atoms with E-state index in [1.54, 1.807) is 49.5 Å². The van der Waals surface area contributed by atoms with Gasteiger partial charge in [0.05, 0.1) is 12.2 Å². The van der Waals surface area contributed by atoms with Crippen molar-refractivity contribution in [2.45, 2.75) is 0 Å². The number of nitrogens with one attached hydrogen (secondary N) is 2. The molecule has 1 aliphatic heterocycles. The molecule has 0 radical (unpaired) electrons. The highest BCUT2D eigenvalue weighted by Crippen LogP contribution is 2.33. The molecule has 0 fully saturated rings. The second-order valence-corrected chi connectivity index (χ2v) is 5.77. The van der Waals surface area contributed by atoms with Crippen molar-refractivity contribution in [2.24, 2.45) is 0 Å². The fourth-order valence-electron chi connectivity index (χ4n) is 2.34. The van der Waals surface area contributed by atoms with Crippen LogP contribution < -0.4 is 20.3 Å². The van der Waals surface area contributed by atoms with Crippen LogP contribution in [-0.4, -0.2) is 32.0 Å². The molecule has 1 aliphatic rings. The van der Waals surface area contributed by atoms with Crippen LogP contribution in [0.4, 0.5) is 17.1 Å². The van der Waals surface area contributed by atoms with Crippen molar-refractivity contribution in [3.63, 3.8) is 0 Å². The van der Waals surface area contributed by atoms with Gasteiger partial charge in [0.25, 0.3) is 5.91 Å². The van der Waals surface area contributed by atoms with Gasteiger partial charge in [-0.05, 0) is 36.4 Å². The molecule has 3 rings (SSSR count). The topological polar surface area (TPSA) is 70.7 Å². The van der Waals surface area contributed by atoms with Crippen LogP contribution in [0.2, 0.25) is 5.02 Å². The Bertz CT molecular complexity index is 794. The molecule has 24 heavy (non-hydrogen) atoms. The fraction of sp³-hybridized carbons (Fsp3) is 0.176. The zero-order valence-corrected chi connectivity index (χ0v) is 13.8. The third kappa shape index (κ3) is 3.60. The van der Waals surface area contributed by atoms with Crippen LogP contribution in [0.25, 0.3) is 0 Å². The molecule has 1 heterocycles. The summed E-state index contributed by atoms with van der Waals surface area (Å²) >= 11 is 5.88. The monoisotopic (exact) mass is 345 g/mol. The average molecular weight is 346 g/mol. The third-order valence-electron chi connectivity index (χ3n) is 3.61. The second kappa shape index (κ2) is 6.80. The van der Waals surface area contributed by atoms with Crippen molar-refractivity contribution < 1.29 is 14.3 Å². The van der Waals surface area contributed by atoms with Gasteiger partial charge in [0.1, 0.15) is 5.75 Å². The Hall–Kier alpha value is -2.73. The van der Waals surface area contributed by atoms with Crippen LogP contribution in [0.15, 0.2) is 42.5 Å². The first-order chi connectivity index (χ1) is 11.5. The summed E-state index contributed by atoms with van der Waals surface area (Å²) in [4.78, 5) is 25.2. The third-order valence-corrected chi connectivity index (χ3v) is 3.84. The van der Waals surface area contributed by atoms with E-state index in [0.717, 1.165) is 5.69 Å².